The molecule has 0 spiro atoms. The molecule has 114 valence electrons. The van der Waals surface area contributed by atoms with Crippen molar-refractivity contribution in [2.45, 2.75) is 31.7 Å². The number of carbonyl (C=O) groups is 1. The summed E-state index contributed by atoms with van der Waals surface area (Å²) in [5, 5.41) is 3.72. The fourth-order valence-corrected chi connectivity index (χ4v) is 3.44. The van der Waals surface area contributed by atoms with Gasteiger partial charge in [-0.05, 0) is 55.2 Å². The molecular formula is C17H23NO2S. The van der Waals surface area contributed by atoms with Crippen molar-refractivity contribution in [1.82, 2.24) is 0 Å². The van der Waals surface area contributed by atoms with E-state index in [0.29, 0.717) is 12.3 Å². The van der Waals surface area contributed by atoms with Crippen LogP contribution in [0.1, 0.15) is 26.2 Å². The second-order valence-corrected chi connectivity index (χ2v) is 6.55. The van der Waals surface area contributed by atoms with Gasteiger partial charge < -0.3 is 10.1 Å². The number of methoxy groups -OCH3 is 1. The number of rotatable bonds is 8. The normalized spacial score (nSPS) is 16.9. The number of hydrogen-bond acceptors (Lipinski definition) is 4. The third-order valence-electron chi connectivity index (χ3n) is 3.84. The van der Waals surface area contributed by atoms with Gasteiger partial charge in [-0.25, -0.2) is 0 Å². The van der Waals surface area contributed by atoms with Gasteiger partial charge in [0.2, 0.25) is 5.12 Å². The number of thioether (sulfide) groups is 1. The highest BCUT2D eigenvalue weighted by atomic mass is 32.2. The molecule has 0 radical (unpaired) electrons. The number of nitrogens with one attached hydrogen (secondary N) is 1. The van der Waals surface area contributed by atoms with E-state index in [-0.39, 0.29) is 5.12 Å². The number of benzene rings is 1. The third kappa shape index (κ3) is 3.62. The molecule has 1 aromatic rings. The molecule has 1 fully saturated rings. The standard InChI is InChI=1S/C17H23NO2S/c1-4-12-17(13-6-7-13,16(19)21-5-2)18-14-8-10-15(20-3)11-9-14/h4,8-11,13,18H,1,5-7,12H2,2-3H3. The van der Waals surface area contributed by atoms with E-state index in [1.54, 1.807) is 7.11 Å². The van der Waals surface area contributed by atoms with Gasteiger partial charge >= 0.3 is 0 Å². The van der Waals surface area contributed by atoms with E-state index < -0.39 is 5.54 Å². The molecule has 1 unspecified atom stereocenters. The summed E-state index contributed by atoms with van der Waals surface area (Å²) < 4.78 is 5.18. The minimum Gasteiger partial charge on any atom is -0.497 e. The van der Waals surface area contributed by atoms with Gasteiger partial charge in [0.15, 0.2) is 0 Å². The highest BCUT2D eigenvalue weighted by molar-refractivity contribution is 8.13. The summed E-state index contributed by atoms with van der Waals surface area (Å²) >= 11 is 1.40. The maximum Gasteiger partial charge on any atom is 0.214 e. The average molecular weight is 305 g/mol. The molecule has 2 rings (SSSR count). The minimum absolute atomic E-state index is 0.225. The molecule has 1 aromatic carbocycles. The van der Waals surface area contributed by atoms with Crippen LogP contribution in [0.5, 0.6) is 5.75 Å². The van der Waals surface area contributed by atoms with Crippen molar-refractivity contribution in [2.75, 3.05) is 18.2 Å². The monoisotopic (exact) mass is 305 g/mol. The molecule has 1 saturated carbocycles. The van der Waals surface area contributed by atoms with Crippen molar-refractivity contribution in [3.8, 4) is 5.75 Å². The summed E-state index contributed by atoms with van der Waals surface area (Å²) in [6.45, 7) is 5.86. The lowest BCUT2D eigenvalue weighted by atomic mass is 9.90. The molecule has 0 aromatic heterocycles. The van der Waals surface area contributed by atoms with Crippen LogP contribution < -0.4 is 10.1 Å². The van der Waals surface area contributed by atoms with Gasteiger partial charge in [0.05, 0.1) is 7.11 Å². The Hall–Kier alpha value is -1.42. The van der Waals surface area contributed by atoms with Gasteiger partial charge in [0.1, 0.15) is 11.3 Å². The Morgan fingerprint density at radius 2 is 2.14 bits per heavy atom. The van der Waals surface area contributed by atoms with E-state index in [9.17, 15) is 4.79 Å². The van der Waals surface area contributed by atoms with Crippen LogP contribution in [0.2, 0.25) is 0 Å². The van der Waals surface area contributed by atoms with Crippen LogP contribution in [-0.4, -0.2) is 23.5 Å². The van der Waals surface area contributed by atoms with Crippen LogP contribution in [0.3, 0.4) is 0 Å². The summed E-state index contributed by atoms with van der Waals surface area (Å²) in [5.41, 5.74) is 0.436. The highest BCUT2D eigenvalue weighted by Crippen LogP contribution is 2.46. The topological polar surface area (TPSA) is 38.3 Å². The number of anilines is 1. The first-order chi connectivity index (χ1) is 10.2. The quantitative estimate of drug-likeness (QED) is 0.734. The SMILES string of the molecule is C=CCC(Nc1ccc(OC)cc1)(C(=O)SCC)C1CC1. The Labute approximate surface area is 131 Å². The Kier molecular flexibility index (Phi) is 5.34. The maximum absolute atomic E-state index is 12.7. The van der Waals surface area contributed by atoms with Gasteiger partial charge in [0, 0.05) is 5.69 Å². The lowest BCUT2D eigenvalue weighted by Crippen LogP contribution is -2.47. The van der Waals surface area contributed by atoms with E-state index >= 15 is 0 Å². The number of hydrogen-bond donors (Lipinski definition) is 1. The van der Waals surface area contributed by atoms with E-state index in [1.165, 1.54) is 11.8 Å². The number of ether oxygens (including phenoxy) is 1. The molecule has 1 aliphatic rings. The van der Waals surface area contributed by atoms with Crippen molar-refractivity contribution >= 4 is 22.6 Å². The van der Waals surface area contributed by atoms with Gasteiger partial charge in [-0.2, -0.15) is 0 Å². The van der Waals surface area contributed by atoms with Gasteiger partial charge in [-0.15, -0.1) is 6.58 Å². The van der Waals surface area contributed by atoms with Crippen LogP contribution in [0.25, 0.3) is 0 Å². The lowest BCUT2D eigenvalue weighted by Gasteiger charge is -2.33. The van der Waals surface area contributed by atoms with E-state index in [0.717, 1.165) is 30.0 Å². The zero-order valence-corrected chi connectivity index (χ0v) is 13.5. The van der Waals surface area contributed by atoms with Crippen LogP contribution in [-0.2, 0) is 4.79 Å². The molecule has 0 heterocycles. The fourth-order valence-electron chi connectivity index (χ4n) is 2.62. The summed E-state index contributed by atoms with van der Waals surface area (Å²) in [4.78, 5) is 12.7. The third-order valence-corrected chi connectivity index (χ3v) is 4.75. The minimum atomic E-state index is -0.517. The molecule has 1 N–H and O–H groups in total. The molecule has 0 aliphatic heterocycles. The molecule has 0 saturated heterocycles. The first-order valence-corrected chi connectivity index (χ1v) is 8.35. The Morgan fingerprint density at radius 3 is 2.62 bits per heavy atom. The Balaban J connectivity index is 2.25. The fraction of sp³-hybridized carbons (Fsp3) is 0.471. The molecule has 21 heavy (non-hydrogen) atoms. The van der Waals surface area contributed by atoms with E-state index in [1.807, 2.05) is 37.3 Å². The lowest BCUT2D eigenvalue weighted by molar-refractivity contribution is -0.115. The van der Waals surface area contributed by atoms with Crippen molar-refractivity contribution < 1.29 is 9.53 Å². The summed E-state index contributed by atoms with van der Waals surface area (Å²) in [6.07, 6.45) is 4.72. The summed E-state index contributed by atoms with van der Waals surface area (Å²) in [5.74, 6) is 2.02. The Morgan fingerprint density at radius 1 is 1.48 bits per heavy atom. The molecule has 1 atom stereocenters. The smallest absolute Gasteiger partial charge is 0.214 e. The van der Waals surface area contributed by atoms with Crippen molar-refractivity contribution in [2.24, 2.45) is 5.92 Å². The second kappa shape index (κ2) is 7.03. The van der Waals surface area contributed by atoms with Crippen molar-refractivity contribution in [3.63, 3.8) is 0 Å². The molecule has 0 bridgehead atoms. The summed E-state index contributed by atoms with van der Waals surface area (Å²) in [6, 6.07) is 7.74. The van der Waals surface area contributed by atoms with Crippen LogP contribution in [0.15, 0.2) is 36.9 Å². The maximum atomic E-state index is 12.7. The first-order valence-electron chi connectivity index (χ1n) is 7.36. The average Bonchev–Trinajstić information content (AvgIpc) is 3.32. The van der Waals surface area contributed by atoms with Gasteiger partial charge in [-0.1, -0.05) is 24.8 Å². The summed E-state index contributed by atoms with van der Waals surface area (Å²) in [7, 11) is 1.65. The van der Waals surface area contributed by atoms with Crippen molar-refractivity contribution in [3.05, 3.63) is 36.9 Å². The van der Waals surface area contributed by atoms with Gasteiger partial charge in [-0.3, -0.25) is 4.79 Å². The molecular weight excluding hydrogens is 282 g/mol. The first kappa shape index (κ1) is 16.0. The van der Waals surface area contributed by atoms with Crippen molar-refractivity contribution in [1.29, 1.82) is 0 Å². The largest absolute Gasteiger partial charge is 0.497 e. The molecule has 3 nitrogen and oxygen atoms in total. The second-order valence-electron chi connectivity index (χ2n) is 5.31. The molecule has 4 heteroatoms. The van der Waals surface area contributed by atoms with Crippen LogP contribution >= 0.6 is 11.8 Å². The Bertz CT molecular complexity index is 496. The van der Waals surface area contributed by atoms with E-state index in [4.69, 9.17) is 4.74 Å². The zero-order valence-electron chi connectivity index (χ0n) is 12.7. The van der Waals surface area contributed by atoms with Gasteiger partial charge in [0.25, 0.3) is 0 Å². The predicted molar refractivity (Wildman–Crippen MR) is 90.0 cm³/mol. The molecule has 1 aliphatic carbocycles. The number of carbonyl (C=O) groups excluding carboxylic acids is 1. The van der Waals surface area contributed by atoms with Crippen LogP contribution in [0, 0.1) is 5.92 Å². The van der Waals surface area contributed by atoms with E-state index in [2.05, 4.69) is 11.9 Å². The predicted octanol–water partition coefficient (Wildman–Crippen LogP) is 4.11. The zero-order chi connectivity index (χ0) is 15.3. The van der Waals surface area contributed by atoms with Crippen LogP contribution in [0.4, 0.5) is 5.69 Å². The molecule has 0 amide bonds. The highest BCUT2D eigenvalue weighted by Gasteiger charge is 2.49.